The first kappa shape index (κ1) is 18.6. The molecule has 0 saturated heterocycles. The van der Waals surface area contributed by atoms with Crippen molar-refractivity contribution in [2.75, 3.05) is 7.11 Å². The number of carboxylic acid groups (broad SMARTS) is 1. The molecule has 0 spiro atoms. The number of hydrogen-bond acceptors (Lipinski definition) is 3. The average molecular weight is 354 g/mol. The number of aliphatic carboxylic acids is 1. The van der Waals surface area contributed by atoms with Crippen LogP contribution in [0.25, 0.3) is 0 Å². The number of nitrogens with one attached hydrogen (secondary N) is 1. The summed E-state index contributed by atoms with van der Waals surface area (Å²) in [6.07, 6.45) is 5.68. The molecule has 0 bridgehead atoms. The molecular formula is C18H24ClNO4. The topological polar surface area (TPSA) is 75.6 Å². The minimum absolute atomic E-state index is 0.00211. The van der Waals surface area contributed by atoms with Gasteiger partial charge in [-0.15, -0.1) is 0 Å². The summed E-state index contributed by atoms with van der Waals surface area (Å²) in [7, 11) is 1.51. The number of hydrogen-bond donors (Lipinski definition) is 2. The molecule has 132 valence electrons. The Morgan fingerprint density at radius 1 is 1.21 bits per heavy atom. The summed E-state index contributed by atoms with van der Waals surface area (Å²) < 4.78 is 5.25. The summed E-state index contributed by atoms with van der Waals surface area (Å²) in [5.41, 5.74) is -0.600. The van der Waals surface area contributed by atoms with Crippen molar-refractivity contribution in [1.29, 1.82) is 0 Å². The normalized spacial score (nSPS) is 17.4. The van der Waals surface area contributed by atoms with E-state index in [0.29, 0.717) is 29.2 Å². The lowest BCUT2D eigenvalue weighted by Gasteiger charge is -2.32. The first-order valence-electron chi connectivity index (χ1n) is 8.34. The molecule has 0 atom stereocenters. The fourth-order valence-corrected chi connectivity index (χ4v) is 3.51. The van der Waals surface area contributed by atoms with Crippen LogP contribution in [0.15, 0.2) is 18.2 Å². The Morgan fingerprint density at radius 3 is 2.42 bits per heavy atom. The van der Waals surface area contributed by atoms with Gasteiger partial charge in [0.1, 0.15) is 11.3 Å². The summed E-state index contributed by atoms with van der Waals surface area (Å²) in [4.78, 5) is 24.4. The van der Waals surface area contributed by atoms with E-state index in [0.717, 1.165) is 32.1 Å². The molecule has 1 saturated carbocycles. The third-order valence-electron chi connectivity index (χ3n) is 4.63. The number of carbonyl (C=O) groups is 2. The quantitative estimate of drug-likeness (QED) is 0.848. The second-order valence-corrected chi connectivity index (χ2v) is 6.71. The van der Waals surface area contributed by atoms with Gasteiger partial charge in [-0.2, -0.15) is 0 Å². The number of halogens is 1. The smallest absolute Gasteiger partial charge is 0.329 e. The van der Waals surface area contributed by atoms with Gasteiger partial charge in [0.2, 0.25) is 5.91 Å². The highest BCUT2D eigenvalue weighted by Crippen LogP contribution is 2.29. The van der Waals surface area contributed by atoms with Crippen LogP contribution in [0.2, 0.25) is 5.02 Å². The Bertz CT molecular complexity index is 595. The molecule has 5 nitrogen and oxygen atoms in total. The van der Waals surface area contributed by atoms with Crippen molar-refractivity contribution in [1.82, 2.24) is 5.32 Å². The van der Waals surface area contributed by atoms with Crippen LogP contribution in [0.1, 0.15) is 50.5 Å². The fourth-order valence-electron chi connectivity index (χ4n) is 3.27. The lowest BCUT2D eigenvalue weighted by atomic mass is 9.83. The van der Waals surface area contributed by atoms with Crippen molar-refractivity contribution in [3.05, 3.63) is 28.8 Å². The first-order chi connectivity index (χ1) is 11.5. The maximum Gasteiger partial charge on any atom is 0.329 e. The van der Waals surface area contributed by atoms with Crippen LogP contribution in [0.4, 0.5) is 0 Å². The molecule has 1 aromatic carbocycles. The molecular weight excluding hydrogens is 330 g/mol. The van der Waals surface area contributed by atoms with Gasteiger partial charge in [0.15, 0.2) is 0 Å². The van der Waals surface area contributed by atoms with E-state index in [9.17, 15) is 14.7 Å². The van der Waals surface area contributed by atoms with Crippen molar-refractivity contribution >= 4 is 23.5 Å². The Morgan fingerprint density at radius 2 is 1.83 bits per heavy atom. The average Bonchev–Trinajstić information content (AvgIpc) is 2.51. The number of amides is 1. The third kappa shape index (κ3) is 4.41. The van der Waals surface area contributed by atoms with Gasteiger partial charge in [-0.05, 0) is 25.0 Å². The van der Waals surface area contributed by atoms with Crippen LogP contribution in [0.3, 0.4) is 0 Å². The Hall–Kier alpha value is -1.75. The van der Waals surface area contributed by atoms with Crippen LogP contribution in [0.5, 0.6) is 5.75 Å². The summed E-state index contributed by atoms with van der Waals surface area (Å²) in [6.45, 7) is 0. The molecule has 24 heavy (non-hydrogen) atoms. The predicted molar refractivity (Wildman–Crippen MR) is 92.5 cm³/mol. The molecule has 2 rings (SSSR count). The van der Waals surface area contributed by atoms with E-state index < -0.39 is 11.5 Å². The molecule has 0 heterocycles. The van der Waals surface area contributed by atoms with Gasteiger partial charge in [-0.3, -0.25) is 4.79 Å². The zero-order valence-electron chi connectivity index (χ0n) is 13.9. The standard InChI is InChI=1S/C18H24ClNO4/c1-24-15-9-7-8-14(19)13(15)12-16(21)20-18(17(22)23)10-5-3-2-4-6-11-18/h7-9H,2-6,10-12H2,1H3,(H,20,21)(H,22,23). The summed E-state index contributed by atoms with van der Waals surface area (Å²) >= 11 is 6.16. The Balaban J connectivity index is 2.15. The Kier molecular flexibility index (Phi) is 6.49. The molecule has 1 aliphatic carbocycles. The van der Waals surface area contributed by atoms with E-state index >= 15 is 0 Å². The van der Waals surface area contributed by atoms with E-state index in [-0.39, 0.29) is 12.3 Å². The van der Waals surface area contributed by atoms with E-state index in [1.165, 1.54) is 7.11 Å². The summed E-state index contributed by atoms with van der Waals surface area (Å²) in [6, 6.07) is 5.17. The maximum absolute atomic E-state index is 12.5. The summed E-state index contributed by atoms with van der Waals surface area (Å²) in [5.74, 6) is -0.770. The largest absolute Gasteiger partial charge is 0.496 e. The van der Waals surface area contributed by atoms with Gasteiger partial charge >= 0.3 is 5.97 Å². The minimum atomic E-state index is -1.17. The zero-order chi connectivity index (χ0) is 17.6. The van der Waals surface area contributed by atoms with Crippen molar-refractivity contribution < 1.29 is 19.4 Å². The van der Waals surface area contributed by atoms with Gasteiger partial charge in [-0.25, -0.2) is 4.79 Å². The maximum atomic E-state index is 12.5. The molecule has 0 aromatic heterocycles. The van der Waals surface area contributed by atoms with Crippen LogP contribution in [-0.4, -0.2) is 29.6 Å². The second kappa shape index (κ2) is 8.38. The molecule has 6 heteroatoms. The number of carboxylic acids is 1. The highest BCUT2D eigenvalue weighted by atomic mass is 35.5. The number of carbonyl (C=O) groups excluding carboxylic acids is 1. The van der Waals surface area contributed by atoms with E-state index in [1.807, 2.05) is 0 Å². The fraction of sp³-hybridized carbons (Fsp3) is 0.556. The zero-order valence-corrected chi connectivity index (χ0v) is 14.7. The molecule has 1 fully saturated rings. The number of ether oxygens (including phenoxy) is 1. The number of rotatable bonds is 5. The molecule has 2 N–H and O–H groups in total. The van der Waals surface area contributed by atoms with Crippen molar-refractivity contribution in [2.24, 2.45) is 0 Å². The minimum Gasteiger partial charge on any atom is -0.496 e. The van der Waals surface area contributed by atoms with Gasteiger partial charge in [0.05, 0.1) is 13.5 Å². The Labute approximate surface area is 147 Å². The highest BCUT2D eigenvalue weighted by Gasteiger charge is 2.39. The van der Waals surface area contributed by atoms with Crippen molar-refractivity contribution in [3.8, 4) is 5.75 Å². The van der Waals surface area contributed by atoms with Gasteiger partial charge in [0.25, 0.3) is 0 Å². The third-order valence-corrected chi connectivity index (χ3v) is 4.98. The van der Waals surface area contributed by atoms with Gasteiger partial charge in [-0.1, -0.05) is 49.8 Å². The molecule has 0 aliphatic heterocycles. The molecule has 1 aromatic rings. The van der Waals surface area contributed by atoms with E-state index in [1.54, 1.807) is 18.2 Å². The van der Waals surface area contributed by atoms with Crippen molar-refractivity contribution in [2.45, 2.75) is 56.9 Å². The molecule has 1 amide bonds. The van der Waals surface area contributed by atoms with Crippen LogP contribution in [-0.2, 0) is 16.0 Å². The van der Waals surface area contributed by atoms with Gasteiger partial charge in [0, 0.05) is 10.6 Å². The van der Waals surface area contributed by atoms with Crippen LogP contribution in [0, 0.1) is 0 Å². The van der Waals surface area contributed by atoms with Crippen LogP contribution >= 0.6 is 11.6 Å². The monoisotopic (exact) mass is 353 g/mol. The van der Waals surface area contributed by atoms with Crippen molar-refractivity contribution in [3.63, 3.8) is 0 Å². The highest BCUT2D eigenvalue weighted by molar-refractivity contribution is 6.31. The summed E-state index contributed by atoms with van der Waals surface area (Å²) in [5, 5.41) is 12.9. The van der Waals surface area contributed by atoms with Gasteiger partial charge < -0.3 is 15.2 Å². The number of methoxy groups -OCH3 is 1. The van der Waals surface area contributed by atoms with E-state index in [4.69, 9.17) is 16.3 Å². The second-order valence-electron chi connectivity index (χ2n) is 6.30. The molecule has 0 radical (unpaired) electrons. The number of benzene rings is 1. The lowest BCUT2D eigenvalue weighted by Crippen LogP contribution is -2.55. The molecule has 0 unspecified atom stereocenters. The molecule has 1 aliphatic rings. The predicted octanol–water partition coefficient (Wildman–Crippen LogP) is 3.58. The first-order valence-corrected chi connectivity index (χ1v) is 8.72. The SMILES string of the molecule is COc1cccc(Cl)c1CC(=O)NC1(C(=O)O)CCCCCCC1. The van der Waals surface area contributed by atoms with Crippen LogP contribution < -0.4 is 10.1 Å². The lowest BCUT2D eigenvalue weighted by molar-refractivity contribution is -0.148. The van der Waals surface area contributed by atoms with E-state index in [2.05, 4.69) is 5.32 Å².